The molecule has 0 unspecified atom stereocenters. The summed E-state index contributed by atoms with van der Waals surface area (Å²) >= 11 is 3.42. The maximum atomic E-state index is 5.62. The van der Waals surface area contributed by atoms with Gasteiger partial charge >= 0.3 is 0 Å². The number of rotatable bonds is 5. The summed E-state index contributed by atoms with van der Waals surface area (Å²) in [6.45, 7) is 3.94. The molecule has 0 spiro atoms. The third kappa shape index (κ3) is 3.59. The fraction of sp³-hybridized carbons (Fsp3) is 0.500. The van der Waals surface area contributed by atoms with E-state index in [0.29, 0.717) is 0 Å². The quantitative estimate of drug-likeness (QED) is 0.830. The average molecular weight is 270 g/mol. The fourth-order valence-corrected chi connectivity index (χ4v) is 1.84. The van der Waals surface area contributed by atoms with Crippen molar-refractivity contribution in [1.82, 2.24) is 5.32 Å². The van der Waals surface area contributed by atoms with Crippen molar-refractivity contribution in [3.05, 3.63) is 34.3 Å². The van der Waals surface area contributed by atoms with Gasteiger partial charge in [-0.25, -0.2) is 0 Å². The lowest BCUT2D eigenvalue weighted by molar-refractivity contribution is 0.0993. The Kier molecular flexibility index (Phi) is 4.18. The van der Waals surface area contributed by atoms with Gasteiger partial charge in [-0.1, -0.05) is 28.1 Å². The summed E-state index contributed by atoms with van der Waals surface area (Å²) in [4.78, 5) is 0. The van der Waals surface area contributed by atoms with Crippen LogP contribution >= 0.6 is 15.9 Å². The summed E-state index contributed by atoms with van der Waals surface area (Å²) in [6, 6.07) is 8.28. The van der Waals surface area contributed by atoms with Crippen molar-refractivity contribution in [2.45, 2.75) is 13.0 Å². The number of benzene rings is 1. The Morgan fingerprint density at radius 1 is 1.27 bits per heavy atom. The van der Waals surface area contributed by atoms with Gasteiger partial charge in [0.1, 0.15) is 0 Å². The average Bonchev–Trinajstić information content (AvgIpc) is 2.18. The molecule has 0 saturated carbocycles. The second-order valence-electron chi connectivity index (χ2n) is 3.99. The van der Waals surface area contributed by atoms with E-state index in [1.165, 1.54) is 25.1 Å². The predicted octanol–water partition coefficient (Wildman–Crippen LogP) is 2.58. The van der Waals surface area contributed by atoms with Gasteiger partial charge in [-0.2, -0.15) is 0 Å². The summed E-state index contributed by atoms with van der Waals surface area (Å²) in [5.41, 5.74) is 1.24. The zero-order chi connectivity index (χ0) is 10.5. The minimum absolute atomic E-state index is 0.730. The molecule has 2 rings (SSSR count). The van der Waals surface area contributed by atoms with Gasteiger partial charge in [0, 0.05) is 11.1 Å². The SMILES string of the molecule is Brc1ccc(COCCC2CNC2)cc1. The third-order valence-electron chi connectivity index (χ3n) is 2.72. The zero-order valence-electron chi connectivity index (χ0n) is 8.71. The highest BCUT2D eigenvalue weighted by atomic mass is 79.9. The van der Waals surface area contributed by atoms with Gasteiger partial charge in [-0.15, -0.1) is 0 Å². The Balaban J connectivity index is 1.62. The van der Waals surface area contributed by atoms with E-state index in [0.717, 1.165) is 23.6 Å². The molecule has 1 fully saturated rings. The van der Waals surface area contributed by atoms with Gasteiger partial charge in [-0.3, -0.25) is 0 Å². The third-order valence-corrected chi connectivity index (χ3v) is 3.25. The number of nitrogens with one attached hydrogen (secondary N) is 1. The predicted molar refractivity (Wildman–Crippen MR) is 64.8 cm³/mol. The zero-order valence-corrected chi connectivity index (χ0v) is 10.3. The second kappa shape index (κ2) is 5.64. The molecule has 1 aliphatic heterocycles. The molecule has 2 nitrogen and oxygen atoms in total. The summed E-state index contributed by atoms with van der Waals surface area (Å²) in [5.74, 6) is 0.843. The maximum absolute atomic E-state index is 5.62. The molecule has 15 heavy (non-hydrogen) atoms. The molecule has 1 saturated heterocycles. The van der Waals surface area contributed by atoms with Crippen LogP contribution in [0.2, 0.25) is 0 Å². The van der Waals surface area contributed by atoms with E-state index in [1.807, 2.05) is 0 Å². The van der Waals surface area contributed by atoms with Crippen LogP contribution in [0.4, 0.5) is 0 Å². The first kappa shape index (κ1) is 11.1. The van der Waals surface area contributed by atoms with Crippen LogP contribution in [-0.2, 0) is 11.3 Å². The Morgan fingerprint density at radius 3 is 2.60 bits per heavy atom. The smallest absolute Gasteiger partial charge is 0.0716 e. The van der Waals surface area contributed by atoms with Crippen LogP contribution in [0.1, 0.15) is 12.0 Å². The van der Waals surface area contributed by atoms with Crippen molar-refractivity contribution < 1.29 is 4.74 Å². The van der Waals surface area contributed by atoms with Crippen LogP contribution < -0.4 is 5.32 Å². The lowest BCUT2D eigenvalue weighted by Gasteiger charge is -2.26. The van der Waals surface area contributed by atoms with Crippen LogP contribution in [0.25, 0.3) is 0 Å². The van der Waals surface area contributed by atoms with Crippen LogP contribution in [0.5, 0.6) is 0 Å². The van der Waals surface area contributed by atoms with E-state index in [9.17, 15) is 0 Å². The molecular formula is C12H16BrNO. The van der Waals surface area contributed by atoms with Gasteiger partial charge in [-0.05, 0) is 43.1 Å². The topological polar surface area (TPSA) is 21.3 Å². The molecule has 1 aromatic carbocycles. The van der Waals surface area contributed by atoms with E-state index >= 15 is 0 Å². The van der Waals surface area contributed by atoms with Crippen molar-refractivity contribution in [1.29, 1.82) is 0 Å². The van der Waals surface area contributed by atoms with E-state index in [-0.39, 0.29) is 0 Å². The first-order valence-electron chi connectivity index (χ1n) is 5.37. The largest absolute Gasteiger partial charge is 0.377 e. The standard InChI is InChI=1S/C12H16BrNO/c13-12-3-1-10(2-4-12)9-15-6-5-11-7-14-8-11/h1-4,11,14H,5-9H2. The van der Waals surface area contributed by atoms with Gasteiger partial charge in [0.05, 0.1) is 6.61 Å². The van der Waals surface area contributed by atoms with Crippen LogP contribution in [-0.4, -0.2) is 19.7 Å². The van der Waals surface area contributed by atoms with Crippen molar-refractivity contribution in [2.24, 2.45) is 5.92 Å². The minimum atomic E-state index is 0.730. The van der Waals surface area contributed by atoms with Gasteiger partial charge in [0.2, 0.25) is 0 Å². The Labute approximate surface area is 99.1 Å². The molecule has 0 aromatic heterocycles. The molecule has 3 heteroatoms. The Morgan fingerprint density at radius 2 is 2.00 bits per heavy atom. The molecule has 0 aliphatic carbocycles. The van der Waals surface area contributed by atoms with Gasteiger partial charge < -0.3 is 10.1 Å². The van der Waals surface area contributed by atoms with Gasteiger partial charge in [0.15, 0.2) is 0 Å². The number of hydrogen-bond acceptors (Lipinski definition) is 2. The Hall–Kier alpha value is -0.380. The summed E-state index contributed by atoms with van der Waals surface area (Å²) in [6.07, 6.45) is 1.18. The molecule has 1 aromatic rings. The normalized spacial score (nSPS) is 16.3. The van der Waals surface area contributed by atoms with E-state index in [1.54, 1.807) is 0 Å². The Bertz CT molecular complexity index is 295. The fourth-order valence-electron chi connectivity index (χ4n) is 1.57. The van der Waals surface area contributed by atoms with Crippen LogP contribution in [0, 0.1) is 5.92 Å². The molecule has 0 amide bonds. The van der Waals surface area contributed by atoms with Crippen LogP contribution in [0.15, 0.2) is 28.7 Å². The van der Waals surface area contributed by atoms with E-state index < -0.39 is 0 Å². The first-order chi connectivity index (χ1) is 7.34. The van der Waals surface area contributed by atoms with Crippen molar-refractivity contribution in [3.63, 3.8) is 0 Å². The van der Waals surface area contributed by atoms with Crippen molar-refractivity contribution in [3.8, 4) is 0 Å². The minimum Gasteiger partial charge on any atom is -0.377 e. The molecule has 1 N–H and O–H groups in total. The number of hydrogen-bond donors (Lipinski definition) is 1. The molecule has 0 atom stereocenters. The lowest BCUT2D eigenvalue weighted by atomic mass is 10.0. The van der Waals surface area contributed by atoms with Crippen molar-refractivity contribution >= 4 is 15.9 Å². The van der Waals surface area contributed by atoms with Crippen LogP contribution in [0.3, 0.4) is 0 Å². The van der Waals surface area contributed by atoms with E-state index in [4.69, 9.17) is 4.74 Å². The summed E-state index contributed by atoms with van der Waals surface area (Å²) in [7, 11) is 0. The maximum Gasteiger partial charge on any atom is 0.0716 e. The molecular weight excluding hydrogens is 254 g/mol. The number of halogens is 1. The highest BCUT2D eigenvalue weighted by molar-refractivity contribution is 9.10. The van der Waals surface area contributed by atoms with Gasteiger partial charge in [0.25, 0.3) is 0 Å². The molecule has 82 valence electrons. The first-order valence-corrected chi connectivity index (χ1v) is 6.17. The monoisotopic (exact) mass is 269 g/mol. The summed E-state index contributed by atoms with van der Waals surface area (Å²) < 4.78 is 6.74. The number of ether oxygens (including phenoxy) is 1. The molecule has 1 aliphatic rings. The van der Waals surface area contributed by atoms with E-state index in [2.05, 4.69) is 45.5 Å². The molecule has 1 heterocycles. The molecule has 0 bridgehead atoms. The molecule has 0 radical (unpaired) electrons. The van der Waals surface area contributed by atoms with Crippen molar-refractivity contribution in [2.75, 3.05) is 19.7 Å². The second-order valence-corrected chi connectivity index (χ2v) is 4.91. The summed E-state index contributed by atoms with van der Waals surface area (Å²) in [5, 5.41) is 3.27. The highest BCUT2D eigenvalue weighted by Crippen LogP contribution is 2.12. The lowest BCUT2D eigenvalue weighted by Crippen LogP contribution is -2.42. The highest BCUT2D eigenvalue weighted by Gasteiger charge is 2.15.